The molecule has 3 amide bonds. The van der Waals surface area contributed by atoms with Gasteiger partial charge in [-0.15, -0.1) is 0 Å². The minimum Gasteiger partial charge on any atom is -0.342 e. The van der Waals surface area contributed by atoms with E-state index in [1.807, 2.05) is 0 Å². The summed E-state index contributed by atoms with van der Waals surface area (Å²) in [4.78, 5) is 29.4. The highest BCUT2D eigenvalue weighted by Crippen LogP contribution is 2.27. The molecule has 0 unspecified atom stereocenters. The lowest BCUT2D eigenvalue weighted by Crippen LogP contribution is -2.58. The fourth-order valence-electron chi connectivity index (χ4n) is 3.20. The van der Waals surface area contributed by atoms with Crippen molar-refractivity contribution in [2.24, 2.45) is 0 Å². The van der Waals surface area contributed by atoms with Gasteiger partial charge >= 0.3 is 6.03 Å². The van der Waals surface area contributed by atoms with Crippen molar-refractivity contribution in [1.29, 1.82) is 0 Å². The highest BCUT2D eigenvalue weighted by molar-refractivity contribution is 9.10. The lowest BCUT2D eigenvalue weighted by Gasteiger charge is -2.38. The number of benzene rings is 1. The predicted octanol–water partition coefficient (Wildman–Crippen LogP) is 2.05. The van der Waals surface area contributed by atoms with Crippen molar-refractivity contribution in [2.45, 2.75) is 25.6 Å². The Labute approximate surface area is 136 Å². The molecule has 0 spiro atoms. The van der Waals surface area contributed by atoms with Crippen molar-refractivity contribution in [3.8, 4) is 0 Å². The number of amides is 3. The number of piperazine rings is 1. The topological polar surface area (TPSA) is 43.9 Å². The second-order valence-corrected chi connectivity index (χ2v) is 6.77. The summed E-state index contributed by atoms with van der Waals surface area (Å²) >= 11 is 3.22. The molecule has 5 nitrogen and oxygen atoms in total. The van der Waals surface area contributed by atoms with Crippen LogP contribution in [-0.2, 0) is 11.3 Å². The number of likely N-dealkylation sites (N-methyl/N-ethyl adjacent to an activating group) is 1. The summed E-state index contributed by atoms with van der Waals surface area (Å²) in [6, 6.07) is 4.14. The third-order valence-electron chi connectivity index (χ3n) is 4.33. The maximum absolute atomic E-state index is 14.0. The van der Waals surface area contributed by atoms with E-state index in [0.717, 1.165) is 0 Å². The number of fused-ring (bicyclic) bond motifs is 1. The Balaban J connectivity index is 1.80. The molecule has 2 atom stereocenters. The van der Waals surface area contributed by atoms with Crippen LogP contribution in [-0.4, -0.2) is 58.9 Å². The molecule has 2 fully saturated rings. The molecular weight excluding hydrogens is 353 g/mol. The van der Waals surface area contributed by atoms with E-state index in [4.69, 9.17) is 0 Å². The van der Waals surface area contributed by atoms with Gasteiger partial charge in [-0.05, 0) is 19.1 Å². The lowest BCUT2D eigenvalue weighted by molar-refractivity contribution is -0.139. The fraction of sp³-hybridized carbons (Fsp3) is 0.467. The zero-order chi connectivity index (χ0) is 16.0. The van der Waals surface area contributed by atoms with E-state index in [2.05, 4.69) is 15.9 Å². The largest absolute Gasteiger partial charge is 0.342 e. The molecule has 0 bridgehead atoms. The maximum atomic E-state index is 14.0. The Morgan fingerprint density at radius 2 is 2.05 bits per heavy atom. The van der Waals surface area contributed by atoms with E-state index in [-0.39, 0.29) is 30.3 Å². The third kappa shape index (κ3) is 2.47. The van der Waals surface area contributed by atoms with Gasteiger partial charge in [-0.1, -0.05) is 22.0 Å². The molecule has 22 heavy (non-hydrogen) atoms. The van der Waals surface area contributed by atoms with Crippen molar-refractivity contribution >= 4 is 27.9 Å². The van der Waals surface area contributed by atoms with Crippen molar-refractivity contribution < 1.29 is 14.0 Å². The molecule has 2 aliphatic heterocycles. The van der Waals surface area contributed by atoms with Gasteiger partial charge in [0.25, 0.3) is 0 Å². The first-order valence-electron chi connectivity index (χ1n) is 7.14. The molecule has 2 aliphatic rings. The van der Waals surface area contributed by atoms with Gasteiger partial charge in [0.05, 0.1) is 12.6 Å². The van der Waals surface area contributed by atoms with Gasteiger partial charge < -0.3 is 14.7 Å². The smallest absolute Gasteiger partial charge is 0.321 e. The average Bonchev–Trinajstić information content (AvgIpc) is 2.76. The second-order valence-electron chi connectivity index (χ2n) is 5.85. The van der Waals surface area contributed by atoms with Gasteiger partial charge in [-0.25, -0.2) is 9.18 Å². The molecule has 0 N–H and O–H groups in total. The van der Waals surface area contributed by atoms with Gasteiger partial charge in [0.1, 0.15) is 11.9 Å². The van der Waals surface area contributed by atoms with Crippen molar-refractivity contribution in [3.05, 3.63) is 34.1 Å². The zero-order valence-corrected chi connectivity index (χ0v) is 14.0. The number of rotatable bonds is 2. The Morgan fingerprint density at radius 1 is 1.32 bits per heavy atom. The summed E-state index contributed by atoms with van der Waals surface area (Å²) in [6.07, 6.45) is 0. The molecule has 7 heteroatoms. The molecule has 0 aromatic heterocycles. The first kappa shape index (κ1) is 15.3. The molecular formula is C15H17BrFN3O2. The number of halogens is 2. The maximum Gasteiger partial charge on any atom is 0.321 e. The van der Waals surface area contributed by atoms with Crippen LogP contribution in [0, 0.1) is 5.82 Å². The van der Waals surface area contributed by atoms with E-state index >= 15 is 0 Å². The van der Waals surface area contributed by atoms with Gasteiger partial charge in [0.2, 0.25) is 5.91 Å². The quantitative estimate of drug-likeness (QED) is 0.800. The van der Waals surface area contributed by atoms with Crippen LogP contribution in [0.2, 0.25) is 0 Å². The predicted molar refractivity (Wildman–Crippen MR) is 82.6 cm³/mol. The van der Waals surface area contributed by atoms with Crippen LogP contribution >= 0.6 is 15.9 Å². The Morgan fingerprint density at radius 3 is 2.73 bits per heavy atom. The third-order valence-corrected chi connectivity index (χ3v) is 4.82. The van der Waals surface area contributed by atoms with Gasteiger partial charge in [0.15, 0.2) is 0 Å². The molecule has 1 aromatic rings. The van der Waals surface area contributed by atoms with E-state index in [1.165, 1.54) is 6.07 Å². The summed E-state index contributed by atoms with van der Waals surface area (Å²) in [6.45, 7) is 2.99. The lowest BCUT2D eigenvalue weighted by atomic mass is 10.1. The van der Waals surface area contributed by atoms with E-state index in [0.29, 0.717) is 23.1 Å². The van der Waals surface area contributed by atoms with Crippen molar-refractivity contribution in [1.82, 2.24) is 14.7 Å². The number of carbonyl (C=O) groups excluding carboxylic acids is 2. The van der Waals surface area contributed by atoms with Crippen LogP contribution in [0.5, 0.6) is 0 Å². The van der Waals surface area contributed by atoms with E-state index in [1.54, 1.807) is 40.8 Å². The van der Waals surface area contributed by atoms with Gasteiger partial charge in [-0.2, -0.15) is 0 Å². The van der Waals surface area contributed by atoms with Crippen molar-refractivity contribution in [3.63, 3.8) is 0 Å². The normalized spacial score (nSPS) is 25.0. The van der Waals surface area contributed by atoms with Crippen LogP contribution in [0.4, 0.5) is 9.18 Å². The summed E-state index contributed by atoms with van der Waals surface area (Å²) in [7, 11) is 1.75. The molecule has 0 aliphatic carbocycles. The molecule has 3 rings (SSSR count). The average molecular weight is 370 g/mol. The van der Waals surface area contributed by atoms with Crippen molar-refractivity contribution in [2.75, 3.05) is 20.1 Å². The minimum atomic E-state index is -0.462. The Bertz CT molecular complexity index is 639. The minimum absolute atomic E-state index is 0.0243. The van der Waals surface area contributed by atoms with E-state index in [9.17, 15) is 14.0 Å². The second kappa shape index (κ2) is 5.53. The van der Waals surface area contributed by atoms with Gasteiger partial charge in [0, 0.05) is 30.2 Å². The zero-order valence-electron chi connectivity index (χ0n) is 12.4. The van der Waals surface area contributed by atoms with E-state index < -0.39 is 6.04 Å². The van der Waals surface area contributed by atoms with Crippen LogP contribution in [0.3, 0.4) is 0 Å². The summed E-state index contributed by atoms with van der Waals surface area (Å²) in [5.74, 6) is -0.394. The first-order valence-corrected chi connectivity index (χ1v) is 7.94. The van der Waals surface area contributed by atoms with Crippen LogP contribution in [0.25, 0.3) is 0 Å². The number of hydrogen-bond acceptors (Lipinski definition) is 2. The molecule has 1 aromatic carbocycles. The molecule has 0 saturated carbocycles. The fourth-order valence-corrected chi connectivity index (χ4v) is 3.53. The molecule has 2 saturated heterocycles. The van der Waals surface area contributed by atoms with Crippen LogP contribution in [0.15, 0.2) is 22.7 Å². The Hall–Kier alpha value is -1.63. The number of carbonyl (C=O) groups is 2. The summed E-state index contributed by atoms with van der Waals surface area (Å²) < 4.78 is 14.6. The number of hydrogen-bond donors (Lipinski definition) is 0. The molecule has 0 radical (unpaired) electrons. The first-order chi connectivity index (χ1) is 10.4. The van der Waals surface area contributed by atoms with Crippen LogP contribution in [0.1, 0.15) is 12.5 Å². The highest BCUT2D eigenvalue weighted by atomic mass is 79.9. The highest BCUT2D eigenvalue weighted by Gasteiger charge is 2.46. The van der Waals surface area contributed by atoms with Gasteiger partial charge in [-0.3, -0.25) is 4.79 Å². The monoisotopic (exact) mass is 369 g/mol. The Kier molecular flexibility index (Phi) is 3.84. The SMILES string of the molecule is C[C@H]1C(=O)N(C)C[C@H]2CN(Cc3ccc(Br)cc3F)C(=O)N21. The molecule has 2 heterocycles. The standard InChI is InChI=1S/C15H17BrFN3O2/c1-9-14(21)18(2)7-12-8-19(15(22)20(9)12)6-10-3-4-11(16)5-13(10)17/h3-5,9,12H,6-8H2,1-2H3/t9-,12-/m0/s1. The summed E-state index contributed by atoms with van der Waals surface area (Å²) in [5.41, 5.74) is 0.476. The molecule has 118 valence electrons. The summed E-state index contributed by atoms with van der Waals surface area (Å²) in [5, 5.41) is 0. The number of nitrogens with zero attached hydrogens (tertiary/aromatic N) is 3. The van der Waals surface area contributed by atoms with Crippen LogP contribution < -0.4 is 0 Å². The number of urea groups is 1.